The Morgan fingerprint density at radius 1 is 1.03 bits per heavy atom. The standard InChI is InChI=1S/C24H18F3N3O3Se/c25-16-10-17(26)22(27)15-12-34-19-4-2-1-3-14(19)23(21(15)16)30-20-11-33-8-7-28(20)24(32)18-9-13(31)5-6-29(18)30/h1-6,9-10,20,23H,7-8,11-12H2/t20-,23-/m1/s1. The Morgan fingerprint density at radius 3 is 2.71 bits per heavy atom. The maximum absolute atomic E-state index is 15.5. The van der Waals surface area contributed by atoms with Gasteiger partial charge in [0.05, 0.1) is 0 Å². The average Bonchev–Trinajstić information content (AvgIpc) is 3.01. The number of hydrogen-bond donors (Lipinski definition) is 0. The first-order chi connectivity index (χ1) is 16.5. The molecule has 3 aromatic rings. The quantitative estimate of drug-likeness (QED) is 0.354. The Hall–Kier alpha value is -3.07. The van der Waals surface area contributed by atoms with Gasteiger partial charge in [-0.15, -0.1) is 0 Å². The molecule has 0 radical (unpaired) electrons. The Balaban J connectivity index is 1.68. The van der Waals surface area contributed by atoms with Gasteiger partial charge in [0, 0.05) is 0 Å². The van der Waals surface area contributed by atoms with Gasteiger partial charge in [0.25, 0.3) is 0 Å². The van der Waals surface area contributed by atoms with Gasteiger partial charge in [-0.25, -0.2) is 0 Å². The van der Waals surface area contributed by atoms with Crippen LogP contribution in [0.1, 0.15) is 33.2 Å². The fraction of sp³-hybridized carbons (Fsp3) is 0.250. The number of carbonyl (C=O) groups excluding carboxylic acids is 1. The van der Waals surface area contributed by atoms with Crippen molar-refractivity contribution in [2.24, 2.45) is 0 Å². The van der Waals surface area contributed by atoms with Crippen LogP contribution in [0.5, 0.6) is 0 Å². The van der Waals surface area contributed by atoms with E-state index in [1.165, 1.54) is 23.0 Å². The second-order valence-electron chi connectivity index (χ2n) is 8.30. The van der Waals surface area contributed by atoms with E-state index in [1.54, 1.807) is 9.91 Å². The van der Waals surface area contributed by atoms with Gasteiger partial charge in [-0.05, 0) is 0 Å². The van der Waals surface area contributed by atoms with Crippen molar-refractivity contribution in [1.82, 2.24) is 9.58 Å². The number of amides is 1. The number of aromatic nitrogens is 1. The van der Waals surface area contributed by atoms with Crippen LogP contribution < -0.4 is 14.9 Å². The summed E-state index contributed by atoms with van der Waals surface area (Å²) < 4.78 is 53.0. The molecule has 0 spiro atoms. The third-order valence-electron chi connectivity index (χ3n) is 6.48. The molecule has 10 heteroatoms. The summed E-state index contributed by atoms with van der Waals surface area (Å²) in [4.78, 5) is 27.0. The summed E-state index contributed by atoms with van der Waals surface area (Å²) >= 11 is -0.276. The normalized spacial score (nSPS) is 21.3. The molecule has 1 saturated heterocycles. The topological polar surface area (TPSA) is 54.8 Å². The van der Waals surface area contributed by atoms with Crippen LogP contribution in [0.15, 0.2) is 53.5 Å². The molecule has 0 unspecified atom stereocenters. The number of rotatable bonds is 1. The molecule has 3 aliphatic heterocycles. The van der Waals surface area contributed by atoms with Crippen molar-refractivity contribution in [1.29, 1.82) is 0 Å². The van der Waals surface area contributed by atoms with Gasteiger partial charge >= 0.3 is 199 Å². The van der Waals surface area contributed by atoms with Gasteiger partial charge in [0.15, 0.2) is 0 Å². The molecule has 1 fully saturated rings. The number of pyridine rings is 1. The summed E-state index contributed by atoms with van der Waals surface area (Å²) in [6.45, 7) is 0.749. The minimum atomic E-state index is -1.22. The van der Waals surface area contributed by atoms with Gasteiger partial charge in [0.1, 0.15) is 0 Å². The van der Waals surface area contributed by atoms with Crippen LogP contribution >= 0.6 is 0 Å². The van der Waals surface area contributed by atoms with E-state index in [9.17, 15) is 14.0 Å². The van der Waals surface area contributed by atoms with E-state index >= 15 is 8.78 Å². The number of benzene rings is 2. The molecule has 0 bridgehead atoms. The molecule has 2 atom stereocenters. The van der Waals surface area contributed by atoms with Crippen LogP contribution in [-0.2, 0) is 10.1 Å². The monoisotopic (exact) mass is 533 g/mol. The fourth-order valence-corrected chi connectivity index (χ4v) is 7.30. The SMILES string of the molecule is O=C1c2cc(=O)ccn2N([C@@H]2c3ccccc3[Se]Cc3c(F)c(F)cc(F)c32)[C@@H]2COCCN12. The number of nitrogens with zero attached hydrogens (tertiary/aromatic N) is 3. The second kappa shape index (κ2) is 8.01. The van der Waals surface area contributed by atoms with Crippen LogP contribution in [0, 0.1) is 17.5 Å². The zero-order valence-corrected chi connectivity index (χ0v) is 19.4. The van der Waals surface area contributed by atoms with E-state index < -0.39 is 29.7 Å². The summed E-state index contributed by atoms with van der Waals surface area (Å²) in [6.07, 6.45) is 0.831. The zero-order valence-electron chi connectivity index (χ0n) is 17.7. The van der Waals surface area contributed by atoms with E-state index in [4.69, 9.17) is 4.74 Å². The number of hydrogen-bond acceptors (Lipinski definition) is 4. The van der Waals surface area contributed by atoms with Crippen molar-refractivity contribution in [3.8, 4) is 0 Å². The first-order valence-corrected chi connectivity index (χ1v) is 12.8. The molecular formula is C24H18F3N3O3Se. The number of carbonyl (C=O) groups is 1. The van der Waals surface area contributed by atoms with Crippen LogP contribution in [0.3, 0.4) is 0 Å². The predicted octanol–water partition coefficient (Wildman–Crippen LogP) is 1.65. The molecule has 1 aromatic heterocycles. The van der Waals surface area contributed by atoms with Gasteiger partial charge in [-0.3, -0.25) is 0 Å². The third-order valence-corrected chi connectivity index (χ3v) is 8.82. The van der Waals surface area contributed by atoms with Crippen molar-refractivity contribution in [2.75, 3.05) is 24.8 Å². The molecule has 0 aliphatic carbocycles. The molecule has 3 aliphatic rings. The maximum atomic E-state index is 15.5. The molecule has 2 aromatic carbocycles. The van der Waals surface area contributed by atoms with Crippen molar-refractivity contribution in [3.05, 3.63) is 98.7 Å². The Bertz CT molecular complexity index is 1400. The van der Waals surface area contributed by atoms with E-state index in [-0.39, 0.29) is 61.6 Å². The molecule has 6 nitrogen and oxygen atoms in total. The van der Waals surface area contributed by atoms with Gasteiger partial charge in [-0.2, -0.15) is 0 Å². The van der Waals surface area contributed by atoms with E-state index in [0.29, 0.717) is 12.7 Å². The van der Waals surface area contributed by atoms with E-state index in [1.807, 2.05) is 24.3 Å². The first kappa shape index (κ1) is 21.5. The summed E-state index contributed by atoms with van der Waals surface area (Å²) in [5, 5.41) is 1.94. The Morgan fingerprint density at radius 2 is 1.85 bits per heavy atom. The minimum absolute atomic E-state index is 0.00136. The van der Waals surface area contributed by atoms with E-state index in [0.717, 1.165) is 10.0 Å². The number of morpholine rings is 1. The van der Waals surface area contributed by atoms with E-state index in [2.05, 4.69) is 0 Å². The van der Waals surface area contributed by atoms with Gasteiger partial charge in [-0.1, -0.05) is 0 Å². The van der Waals surface area contributed by atoms with Crippen molar-refractivity contribution in [3.63, 3.8) is 0 Å². The number of ether oxygens (including phenoxy) is 1. The van der Waals surface area contributed by atoms with Crippen molar-refractivity contribution in [2.45, 2.75) is 17.5 Å². The van der Waals surface area contributed by atoms with Gasteiger partial charge in [0.2, 0.25) is 0 Å². The second-order valence-corrected chi connectivity index (χ2v) is 10.4. The summed E-state index contributed by atoms with van der Waals surface area (Å²) in [6, 6.07) is 9.71. The van der Waals surface area contributed by atoms with Crippen molar-refractivity contribution < 1.29 is 22.7 Å². The molecule has 0 N–H and O–H groups in total. The Labute approximate surface area is 198 Å². The van der Waals surface area contributed by atoms with Crippen LogP contribution in [0.4, 0.5) is 13.2 Å². The zero-order chi connectivity index (χ0) is 23.6. The average molecular weight is 532 g/mol. The van der Waals surface area contributed by atoms with Gasteiger partial charge < -0.3 is 0 Å². The molecule has 4 heterocycles. The molecule has 0 saturated carbocycles. The summed E-state index contributed by atoms with van der Waals surface area (Å²) in [7, 11) is 0. The molecular weight excluding hydrogens is 514 g/mol. The van der Waals surface area contributed by atoms with Crippen LogP contribution in [0.25, 0.3) is 0 Å². The summed E-state index contributed by atoms with van der Waals surface area (Å²) in [5.74, 6) is -3.47. The first-order valence-electron chi connectivity index (χ1n) is 10.7. The molecule has 6 rings (SSSR count). The number of halogens is 3. The molecule has 174 valence electrons. The third kappa shape index (κ3) is 3.13. The predicted molar refractivity (Wildman–Crippen MR) is 118 cm³/mol. The van der Waals surface area contributed by atoms with Crippen molar-refractivity contribution >= 4 is 25.3 Å². The number of fused-ring (bicyclic) bond motifs is 4. The summed E-state index contributed by atoms with van der Waals surface area (Å²) in [5.41, 5.74) is 0.574. The molecule has 34 heavy (non-hydrogen) atoms. The molecule has 1 amide bonds. The van der Waals surface area contributed by atoms with Crippen LogP contribution in [-0.4, -0.2) is 56.4 Å². The Kier molecular flexibility index (Phi) is 5.05. The fourth-order valence-electron chi connectivity index (χ4n) is 4.98. The van der Waals surface area contributed by atoms with Crippen LogP contribution in [0.2, 0.25) is 0 Å².